The molecular formula is C43H39N. The first kappa shape index (κ1) is 29.1. The predicted molar refractivity (Wildman–Crippen MR) is 189 cm³/mol. The van der Waals surface area contributed by atoms with Crippen LogP contribution in [0.15, 0.2) is 140 Å². The summed E-state index contributed by atoms with van der Waals surface area (Å²) < 4.78 is 0. The van der Waals surface area contributed by atoms with Crippen molar-refractivity contribution in [3.8, 4) is 44.5 Å². The van der Waals surface area contributed by atoms with Crippen molar-refractivity contribution >= 4 is 5.71 Å². The van der Waals surface area contributed by atoms with Gasteiger partial charge in [0.2, 0.25) is 0 Å². The molecule has 44 heavy (non-hydrogen) atoms. The first-order chi connectivity index (χ1) is 21.2. The highest BCUT2D eigenvalue weighted by atomic mass is 14.4. The summed E-state index contributed by atoms with van der Waals surface area (Å²) >= 11 is 0. The molecule has 6 aromatic rings. The molecule has 1 N–H and O–H groups in total. The van der Waals surface area contributed by atoms with Crippen LogP contribution in [0.5, 0.6) is 0 Å². The Morgan fingerprint density at radius 1 is 0.477 bits per heavy atom. The van der Waals surface area contributed by atoms with Crippen LogP contribution in [-0.2, 0) is 5.41 Å². The smallest absolute Gasteiger partial charge is 0.0355 e. The van der Waals surface area contributed by atoms with Crippen molar-refractivity contribution in [2.75, 3.05) is 0 Å². The molecule has 0 radical (unpaired) electrons. The number of nitrogens with one attached hydrogen (secondary N) is 1. The lowest BCUT2D eigenvalue weighted by Crippen LogP contribution is -2.14. The maximum Gasteiger partial charge on any atom is 0.0355 e. The Kier molecular flexibility index (Phi) is 7.89. The Labute approximate surface area is 262 Å². The van der Waals surface area contributed by atoms with Crippen molar-refractivity contribution in [1.82, 2.24) is 0 Å². The van der Waals surface area contributed by atoms with Crippen LogP contribution in [0, 0.1) is 19.3 Å². The van der Waals surface area contributed by atoms with E-state index in [4.69, 9.17) is 5.41 Å². The molecule has 0 atom stereocenters. The summed E-state index contributed by atoms with van der Waals surface area (Å²) in [5, 5.41) is 7.51. The fourth-order valence-corrected chi connectivity index (χ4v) is 6.33. The maximum atomic E-state index is 7.51. The Bertz CT molecular complexity index is 1960. The lowest BCUT2D eigenvalue weighted by Gasteiger charge is -2.21. The van der Waals surface area contributed by atoms with E-state index < -0.39 is 0 Å². The summed E-state index contributed by atoms with van der Waals surface area (Å²) in [5.74, 6) is 0. The molecule has 7 rings (SSSR count). The van der Waals surface area contributed by atoms with Gasteiger partial charge in [-0.25, -0.2) is 0 Å². The molecule has 0 bridgehead atoms. The highest BCUT2D eigenvalue weighted by Crippen LogP contribution is 2.52. The van der Waals surface area contributed by atoms with Crippen molar-refractivity contribution in [3.63, 3.8) is 0 Å². The zero-order chi connectivity index (χ0) is 30.8. The van der Waals surface area contributed by atoms with Gasteiger partial charge in [-0.15, -0.1) is 0 Å². The third-order valence-corrected chi connectivity index (χ3v) is 9.05. The number of fused-ring (bicyclic) bond motifs is 3. The van der Waals surface area contributed by atoms with Gasteiger partial charge in [0.1, 0.15) is 0 Å². The third-order valence-electron chi connectivity index (χ3n) is 9.05. The molecular weight excluding hydrogens is 530 g/mol. The van der Waals surface area contributed by atoms with Crippen LogP contribution in [0.3, 0.4) is 0 Å². The van der Waals surface area contributed by atoms with Crippen LogP contribution in [-0.4, -0.2) is 5.71 Å². The molecule has 1 aliphatic carbocycles. The van der Waals surface area contributed by atoms with E-state index in [2.05, 4.69) is 137 Å². The van der Waals surface area contributed by atoms with Gasteiger partial charge in [-0.2, -0.15) is 0 Å². The minimum absolute atomic E-state index is 0.0353. The molecule has 0 amide bonds. The van der Waals surface area contributed by atoms with Gasteiger partial charge in [0.15, 0.2) is 0 Å². The molecule has 0 saturated heterocycles. The zero-order valence-electron chi connectivity index (χ0n) is 26.3. The van der Waals surface area contributed by atoms with Crippen molar-refractivity contribution < 1.29 is 0 Å². The van der Waals surface area contributed by atoms with Gasteiger partial charge in [-0.1, -0.05) is 147 Å². The summed E-state index contributed by atoms with van der Waals surface area (Å²) in [4.78, 5) is 0. The lowest BCUT2D eigenvalue weighted by molar-refractivity contribution is 0.660. The van der Waals surface area contributed by atoms with Gasteiger partial charge >= 0.3 is 0 Å². The second-order valence-corrected chi connectivity index (χ2v) is 12.3. The topological polar surface area (TPSA) is 23.9 Å². The van der Waals surface area contributed by atoms with E-state index in [0.717, 1.165) is 5.56 Å². The summed E-state index contributed by atoms with van der Waals surface area (Å²) in [5.41, 5.74) is 17.5. The van der Waals surface area contributed by atoms with E-state index in [-0.39, 0.29) is 5.41 Å². The standard InChI is InChI=1S/C29H26.C14H13N/c1-19-15-16-22(17-20(19)2)21-9-7-10-23(18-21)24-12-8-14-27-28(24)25-11-5-6-13-26(25)29(27,3)4;1-11(15)12-7-9-14(10-8-12)13-5-3-2-4-6-13/h5-18H,1-4H3;2-10,15H,1H3. The monoisotopic (exact) mass is 569 g/mol. The van der Waals surface area contributed by atoms with E-state index in [0.29, 0.717) is 5.71 Å². The minimum Gasteiger partial charge on any atom is -0.305 e. The number of hydrogen-bond acceptors (Lipinski definition) is 1. The summed E-state index contributed by atoms with van der Waals surface area (Å²) in [6, 6.07) is 49.8. The average molecular weight is 570 g/mol. The van der Waals surface area contributed by atoms with Gasteiger partial charge in [0.25, 0.3) is 0 Å². The predicted octanol–water partition coefficient (Wildman–Crippen LogP) is 11.7. The SMILES string of the molecule is CC(=N)c1ccc(-c2ccccc2)cc1.Cc1ccc(-c2cccc(-c3cccc4c3-c3ccccc3C4(C)C)c2)cc1C. The third kappa shape index (κ3) is 5.54. The molecule has 0 aliphatic heterocycles. The Hall–Kier alpha value is -5.01. The molecule has 6 aromatic carbocycles. The highest BCUT2D eigenvalue weighted by molar-refractivity contribution is 5.96. The number of rotatable bonds is 4. The van der Waals surface area contributed by atoms with Gasteiger partial charge < -0.3 is 5.41 Å². The minimum atomic E-state index is 0.0353. The molecule has 0 aromatic heterocycles. The van der Waals surface area contributed by atoms with E-state index in [1.165, 1.54) is 66.8 Å². The van der Waals surface area contributed by atoms with E-state index in [9.17, 15) is 0 Å². The van der Waals surface area contributed by atoms with Gasteiger partial charge in [0, 0.05) is 11.1 Å². The molecule has 0 saturated carbocycles. The van der Waals surface area contributed by atoms with Crippen molar-refractivity contribution in [1.29, 1.82) is 5.41 Å². The van der Waals surface area contributed by atoms with Crippen LogP contribution in [0.2, 0.25) is 0 Å². The van der Waals surface area contributed by atoms with Crippen LogP contribution >= 0.6 is 0 Å². The highest BCUT2D eigenvalue weighted by Gasteiger charge is 2.36. The number of benzene rings is 6. The largest absolute Gasteiger partial charge is 0.305 e. The van der Waals surface area contributed by atoms with E-state index in [1.807, 2.05) is 30.3 Å². The van der Waals surface area contributed by atoms with Gasteiger partial charge in [-0.3, -0.25) is 0 Å². The Morgan fingerprint density at radius 2 is 1.02 bits per heavy atom. The van der Waals surface area contributed by atoms with Crippen LogP contribution in [0.25, 0.3) is 44.5 Å². The van der Waals surface area contributed by atoms with Crippen LogP contribution < -0.4 is 0 Å². The molecule has 216 valence electrons. The van der Waals surface area contributed by atoms with Crippen molar-refractivity contribution in [3.05, 3.63) is 167 Å². The molecule has 0 fully saturated rings. The van der Waals surface area contributed by atoms with Crippen molar-refractivity contribution in [2.24, 2.45) is 0 Å². The Morgan fingerprint density at radius 3 is 1.75 bits per heavy atom. The van der Waals surface area contributed by atoms with Gasteiger partial charge in [0.05, 0.1) is 0 Å². The molecule has 1 nitrogen and oxygen atoms in total. The fraction of sp³-hybridized carbons (Fsp3) is 0.140. The molecule has 0 spiro atoms. The molecule has 0 heterocycles. The van der Waals surface area contributed by atoms with E-state index >= 15 is 0 Å². The Balaban J connectivity index is 0.000000193. The normalized spacial score (nSPS) is 12.5. The first-order valence-corrected chi connectivity index (χ1v) is 15.4. The lowest BCUT2D eigenvalue weighted by atomic mass is 9.82. The quantitative estimate of drug-likeness (QED) is 0.204. The number of hydrogen-bond donors (Lipinski definition) is 1. The molecule has 1 aliphatic rings. The molecule has 0 unspecified atom stereocenters. The van der Waals surface area contributed by atoms with Crippen LogP contribution in [0.4, 0.5) is 0 Å². The summed E-state index contributed by atoms with van der Waals surface area (Å²) in [7, 11) is 0. The first-order valence-electron chi connectivity index (χ1n) is 15.4. The second-order valence-electron chi connectivity index (χ2n) is 12.3. The fourth-order valence-electron chi connectivity index (χ4n) is 6.33. The second kappa shape index (κ2) is 11.9. The van der Waals surface area contributed by atoms with Crippen LogP contribution in [0.1, 0.15) is 48.6 Å². The summed E-state index contributed by atoms with van der Waals surface area (Å²) in [6.45, 7) is 10.8. The van der Waals surface area contributed by atoms with Gasteiger partial charge in [-0.05, 0) is 99.2 Å². The average Bonchev–Trinajstić information content (AvgIpc) is 3.30. The summed E-state index contributed by atoms with van der Waals surface area (Å²) in [6.07, 6.45) is 0. The zero-order valence-corrected chi connectivity index (χ0v) is 26.3. The number of aryl methyl sites for hydroxylation is 2. The van der Waals surface area contributed by atoms with E-state index in [1.54, 1.807) is 6.92 Å². The molecule has 1 heteroatoms. The maximum absolute atomic E-state index is 7.51. The van der Waals surface area contributed by atoms with Crippen molar-refractivity contribution in [2.45, 2.75) is 40.0 Å².